The van der Waals surface area contributed by atoms with E-state index in [1.165, 1.54) is 25.7 Å². The Hall–Kier alpha value is -0.0800. The Morgan fingerprint density at radius 3 is 3.00 bits per heavy atom. The number of epoxide rings is 1. The summed E-state index contributed by atoms with van der Waals surface area (Å²) in [6, 6.07) is 0. The number of hydrogen-bond acceptors (Lipinski definition) is 2. The second-order valence-electron chi connectivity index (χ2n) is 5.52. The average molecular weight is 212 g/mol. The minimum atomic E-state index is 0.235. The van der Waals surface area contributed by atoms with Crippen molar-refractivity contribution >= 4 is 0 Å². The Kier molecular flexibility index (Phi) is 3.36. The molecule has 0 N–H and O–H groups in total. The van der Waals surface area contributed by atoms with Gasteiger partial charge >= 0.3 is 0 Å². The molecule has 0 aromatic heterocycles. The molecule has 1 saturated heterocycles. The van der Waals surface area contributed by atoms with Gasteiger partial charge < -0.3 is 9.47 Å². The molecule has 15 heavy (non-hydrogen) atoms. The lowest BCUT2D eigenvalue weighted by Gasteiger charge is -2.29. The molecule has 1 aliphatic carbocycles. The van der Waals surface area contributed by atoms with Gasteiger partial charge in [0.25, 0.3) is 0 Å². The van der Waals surface area contributed by atoms with Crippen LogP contribution in [-0.4, -0.2) is 24.9 Å². The van der Waals surface area contributed by atoms with E-state index in [2.05, 4.69) is 20.8 Å². The van der Waals surface area contributed by atoms with E-state index in [0.29, 0.717) is 6.10 Å². The Morgan fingerprint density at radius 1 is 1.47 bits per heavy atom. The fourth-order valence-electron chi connectivity index (χ4n) is 2.79. The lowest BCUT2D eigenvalue weighted by molar-refractivity contribution is 0.0629. The van der Waals surface area contributed by atoms with E-state index in [-0.39, 0.29) is 5.60 Å². The minimum Gasteiger partial charge on any atom is -0.381 e. The minimum absolute atomic E-state index is 0.235. The third-order valence-corrected chi connectivity index (χ3v) is 4.06. The fraction of sp³-hybridized carbons (Fsp3) is 1.00. The predicted octanol–water partition coefficient (Wildman–Crippen LogP) is 3.01. The molecular formula is C13H24O2. The summed E-state index contributed by atoms with van der Waals surface area (Å²) in [5.41, 5.74) is 0.235. The molecule has 2 rings (SSSR count). The molecule has 1 heterocycles. The third-order valence-electron chi connectivity index (χ3n) is 4.06. The van der Waals surface area contributed by atoms with Gasteiger partial charge in [0.2, 0.25) is 0 Å². The highest BCUT2D eigenvalue weighted by molar-refractivity contribution is 5.05. The standard InChI is InChI=1S/C13H24O2/c1-4-5-6-14-9-11-7-12-13(3,15-12)8-10(11)2/h10-12H,4-9H2,1-3H3. The summed E-state index contributed by atoms with van der Waals surface area (Å²) in [5.74, 6) is 1.48. The third kappa shape index (κ3) is 2.54. The molecule has 2 fully saturated rings. The lowest BCUT2D eigenvalue weighted by atomic mass is 9.76. The highest BCUT2D eigenvalue weighted by Gasteiger charge is 2.57. The molecule has 0 bridgehead atoms. The molecule has 0 amide bonds. The smallest absolute Gasteiger partial charge is 0.0923 e. The van der Waals surface area contributed by atoms with Crippen LogP contribution < -0.4 is 0 Å². The fourth-order valence-corrected chi connectivity index (χ4v) is 2.79. The van der Waals surface area contributed by atoms with E-state index in [9.17, 15) is 0 Å². The first-order valence-corrected chi connectivity index (χ1v) is 6.41. The van der Waals surface area contributed by atoms with Gasteiger partial charge in [0.15, 0.2) is 0 Å². The Bertz CT molecular complexity index is 217. The van der Waals surface area contributed by atoms with Crippen LogP contribution in [0, 0.1) is 11.8 Å². The van der Waals surface area contributed by atoms with Gasteiger partial charge in [0.1, 0.15) is 0 Å². The average Bonchev–Trinajstić information content (AvgIpc) is 2.82. The van der Waals surface area contributed by atoms with Crippen molar-refractivity contribution in [2.24, 2.45) is 11.8 Å². The molecule has 1 saturated carbocycles. The van der Waals surface area contributed by atoms with E-state index in [0.717, 1.165) is 25.0 Å². The maximum atomic E-state index is 5.74. The van der Waals surface area contributed by atoms with Crippen molar-refractivity contribution in [1.29, 1.82) is 0 Å². The van der Waals surface area contributed by atoms with Crippen LogP contribution in [0.2, 0.25) is 0 Å². The first-order chi connectivity index (χ1) is 7.15. The van der Waals surface area contributed by atoms with Crippen molar-refractivity contribution in [2.45, 2.75) is 58.2 Å². The Labute approximate surface area is 93.3 Å². The van der Waals surface area contributed by atoms with Gasteiger partial charge in [0.05, 0.1) is 11.7 Å². The van der Waals surface area contributed by atoms with Gasteiger partial charge in [-0.3, -0.25) is 0 Å². The normalized spacial score (nSPS) is 43.8. The summed E-state index contributed by atoms with van der Waals surface area (Å²) in [5, 5.41) is 0. The van der Waals surface area contributed by atoms with Crippen molar-refractivity contribution in [2.75, 3.05) is 13.2 Å². The van der Waals surface area contributed by atoms with Gasteiger partial charge in [-0.1, -0.05) is 20.3 Å². The van der Waals surface area contributed by atoms with Gasteiger partial charge in [0, 0.05) is 13.2 Å². The van der Waals surface area contributed by atoms with Gasteiger partial charge in [-0.25, -0.2) is 0 Å². The predicted molar refractivity (Wildman–Crippen MR) is 60.9 cm³/mol. The van der Waals surface area contributed by atoms with Crippen LogP contribution in [-0.2, 0) is 9.47 Å². The van der Waals surface area contributed by atoms with E-state index in [1.54, 1.807) is 0 Å². The zero-order chi connectivity index (χ0) is 10.9. The zero-order valence-corrected chi connectivity index (χ0v) is 10.3. The molecule has 4 unspecified atom stereocenters. The molecule has 4 atom stereocenters. The summed E-state index contributed by atoms with van der Waals surface area (Å²) in [6.45, 7) is 8.68. The summed E-state index contributed by atoms with van der Waals surface area (Å²) in [6.07, 6.45) is 5.39. The van der Waals surface area contributed by atoms with Crippen LogP contribution in [0.5, 0.6) is 0 Å². The number of ether oxygens (including phenoxy) is 2. The molecule has 2 aliphatic rings. The second-order valence-corrected chi connectivity index (χ2v) is 5.52. The van der Waals surface area contributed by atoms with E-state index in [4.69, 9.17) is 9.47 Å². The van der Waals surface area contributed by atoms with Crippen molar-refractivity contribution in [3.63, 3.8) is 0 Å². The monoisotopic (exact) mass is 212 g/mol. The quantitative estimate of drug-likeness (QED) is 0.516. The van der Waals surface area contributed by atoms with Crippen LogP contribution in [0.3, 0.4) is 0 Å². The Morgan fingerprint density at radius 2 is 2.27 bits per heavy atom. The van der Waals surface area contributed by atoms with Crippen LogP contribution in [0.25, 0.3) is 0 Å². The molecule has 2 nitrogen and oxygen atoms in total. The molecule has 88 valence electrons. The number of rotatable bonds is 5. The number of fused-ring (bicyclic) bond motifs is 1. The zero-order valence-electron chi connectivity index (χ0n) is 10.3. The molecule has 0 aromatic carbocycles. The maximum Gasteiger partial charge on any atom is 0.0923 e. The lowest BCUT2D eigenvalue weighted by Crippen LogP contribution is -2.31. The highest BCUT2D eigenvalue weighted by Crippen LogP contribution is 2.51. The summed E-state index contributed by atoms with van der Waals surface area (Å²) in [7, 11) is 0. The summed E-state index contributed by atoms with van der Waals surface area (Å²) in [4.78, 5) is 0. The van der Waals surface area contributed by atoms with Crippen molar-refractivity contribution in [3.05, 3.63) is 0 Å². The molecular weight excluding hydrogens is 188 g/mol. The SMILES string of the molecule is CCCCOCC1CC2OC2(C)CC1C. The van der Waals surface area contributed by atoms with Crippen LogP contribution in [0.4, 0.5) is 0 Å². The highest BCUT2D eigenvalue weighted by atomic mass is 16.6. The first kappa shape index (κ1) is 11.4. The van der Waals surface area contributed by atoms with E-state index < -0.39 is 0 Å². The van der Waals surface area contributed by atoms with Crippen molar-refractivity contribution in [1.82, 2.24) is 0 Å². The molecule has 1 aliphatic heterocycles. The van der Waals surface area contributed by atoms with E-state index >= 15 is 0 Å². The Balaban J connectivity index is 1.69. The summed E-state index contributed by atoms with van der Waals surface area (Å²) < 4.78 is 11.5. The van der Waals surface area contributed by atoms with Crippen molar-refractivity contribution < 1.29 is 9.47 Å². The van der Waals surface area contributed by atoms with Gasteiger partial charge in [-0.05, 0) is 38.0 Å². The van der Waals surface area contributed by atoms with Crippen LogP contribution in [0.15, 0.2) is 0 Å². The van der Waals surface area contributed by atoms with Crippen molar-refractivity contribution in [3.8, 4) is 0 Å². The van der Waals surface area contributed by atoms with Gasteiger partial charge in [-0.15, -0.1) is 0 Å². The van der Waals surface area contributed by atoms with Gasteiger partial charge in [-0.2, -0.15) is 0 Å². The molecule has 0 spiro atoms. The molecule has 0 radical (unpaired) electrons. The first-order valence-electron chi connectivity index (χ1n) is 6.41. The summed E-state index contributed by atoms with van der Waals surface area (Å²) >= 11 is 0. The molecule has 0 aromatic rings. The van der Waals surface area contributed by atoms with Crippen LogP contribution in [0.1, 0.15) is 46.5 Å². The maximum absolute atomic E-state index is 5.74. The van der Waals surface area contributed by atoms with Crippen LogP contribution >= 0.6 is 0 Å². The molecule has 2 heteroatoms. The largest absolute Gasteiger partial charge is 0.381 e. The number of unbranched alkanes of at least 4 members (excludes halogenated alkanes) is 1. The number of hydrogen-bond donors (Lipinski definition) is 0. The topological polar surface area (TPSA) is 21.8 Å². The second kappa shape index (κ2) is 4.42. The van der Waals surface area contributed by atoms with E-state index in [1.807, 2.05) is 0 Å².